The Morgan fingerprint density at radius 2 is 1.82 bits per heavy atom. The largest absolute Gasteiger partial charge is 0.298 e. The van der Waals surface area contributed by atoms with Crippen molar-refractivity contribution in [1.82, 2.24) is 4.98 Å². The van der Waals surface area contributed by atoms with Crippen LogP contribution >= 0.6 is 11.3 Å². The Kier molecular flexibility index (Phi) is 5.90. The zero-order valence-electron chi connectivity index (χ0n) is 14.7. The molecule has 3 rings (SSSR count). The number of rotatable bonds is 5. The highest BCUT2D eigenvalue weighted by molar-refractivity contribution is 7.90. The minimum absolute atomic E-state index is 0.0410. The van der Waals surface area contributed by atoms with Crippen LogP contribution in [-0.2, 0) is 14.6 Å². The molecule has 5 nitrogen and oxygen atoms in total. The van der Waals surface area contributed by atoms with Crippen molar-refractivity contribution in [3.8, 4) is 0 Å². The van der Waals surface area contributed by atoms with Crippen molar-refractivity contribution in [3.05, 3.63) is 47.2 Å². The number of carbonyl (C=O) groups is 1. The van der Waals surface area contributed by atoms with Gasteiger partial charge >= 0.3 is 0 Å². The van der Waals surface area contributed by atoms with Crippen LogP contribution in [0, 0.1) is 11.0 Å². The van der Waals surface area contributed by atoms with Crippen molar-refractivity contribution in [1.29, 1.82) is 0 Å². The van der Waals surface area contributed by atoms with Crippen LogP contribution in [0.1, 0.15) is 18.4 Å². The summed E-state index contributed by atoms with van der Waals surface area (Å²) in [5.41, 5.74) is 0.488. The number of anilines is 1. The van der Waals surface area contributed by atoms with Gasteiger partial charge in [-0.1, -0.05) is 29.5 Å². The number of halogens is 3. The first-order chi connectivity index (χ1) is 13.1. The number of nitrogens with one attached hydrogen (secondary N) is 1. The smallest absolute Gasteiger partial charge is 0.257 e. The fourth-order valence-electron chi connectivity index (χ4n) is 3.00. The van der Waals surface area contributed by atoms with E-state index in [0.29, 0.717) is 16.9 Å². The highest BCUT2D eigenvalue weighted by atomic mass is 32.2. The molecule has 10 heteroatoms. The molecule has 1 aliphatic rings. The van der Waals surface area contributed by atoms with E-state index in [1.54, 1.807) is 0 Å². The number of hydrogen-bond acceptors (Lipinski definition) is 5. The second-order valence-electron chi connectivity index (χ2n) is 6.56. The van der Waals surface area contributed by atoms with E-state index in [-0.39, 0.29) is 28.4 Å². The van der Waals surface area contributed by atoms with Gasteiger partial charge in [0.05, 0.1) is 11.1 Å². The van der Waals surface area contributed by atoms with Gasteiger partial charge in [0, 0.05) is 11.8 Å². The quantitative estimate of drug-likeness (QED) is 0.733. The Balaban J connectivity index is 1.93. The molecule has 0 aliphatic heterocycles. The van der Waals surface area contributed by atoms with Crippen molar-refractivity contribution < 1.29 is 26.4 Å². The molecule has 1 fully saturated rings. The maximum atomic E-state index is 13.5. The van der Waals surface area contributed by atoms with E-state index in [1.165, 1.54) is 30.3 Å². The topological polar surface area (TPSA) is 76.1 Å². The van der Waals surface area contributed by atoms with E-state index in [4.69, 9.17) is 0 Å². The number of sulfone groups is 1. The van der Waals surface area contributed by atoms with E-state index in [2.05, 4.69) is 10.3 Å². The van der Waals surface area contributed by atoms with Gasteiger partial charge in [0.15, 0.2) is 20.1 Å². The first-order valence-corrected chi connectivity index (χ1v) is 11.1. The Bertz CT molecular complexity index is 993. The van der Waals surface area contributed by atoms with Crippen molar-refractivity contribution >= 4 is 37.8 Å². The monoisotopic (exact) mass is 430 g/mol. The molecule has 3 atom stereocenters. The van der Waals surface area contributed by atoms with Crippen molar-refractivity contribution in [2.75, 3.05) is 11.6 Å². The van der Waals surface area contributed by atoms with Gasteiger partial charge in [0.1, 0.15) is 12.3 Å². The van der Waals surface area contributed by atoms with E-state index < -0.39 is 39.1 Å². The molecular weight excluding hydrogens is 413 g/mol. The van der Waals surface area contributed by atoms with Crippen LogP contribution in [0.3, 0.4) is 0 Å². The molecule has 1 aliphatic carbocycles. The van der Waals surface area contributed by atoms with Gasteiger partial charge in [-0.25, -0.2) is 22.2 Å². The molecule has 1 aromatic heterocycles. The number of amides is 1. The average molecular weight is 430 g/mol. The van der Waals surface area contributed by atoms with Crippen molar-refractivity contribution in [2.45, 2.75) is 30.1 Å². The first-order valence-electron chi connectivity index (χ1n) is 8.36. The highest BCUT2D eigenvalue weighted by Gasteiger charge is 2.34. The standard InChI is InChI=1S/C18H17F3N2O3S2/c1-28(25,26)12-4-2-11(3-5-12)13(6-10-7-14(19)15(20)8-10)17(24)23-18-22-9-16(21)27-18/h2-6,9-10,14-15H,7-8H2,1H3,(H,22,23,24)/t10?,14-,15+. The van der Waals surface area contributed by atoms with Crippen LogP contribution in [0.2, 0.25) is 0 Å². The predicted molar refractivity (Wildman–Crippen MR) is 101 cm³/mol. The highest BCUT2D eigenvalue weighted by Crippen LogP contribution is 2.34. The summed E-state index contributed by atoms with van der Waals surface area (Å²) in [6.45, 7) is 0. The van der Waals surface area contributed by atoms with Gasteiger partial charge in [-0.05, 0) is 36.5 Å². The summed E-state index contributed by atoms with van der Waals surface area (Å²) in [6.07, 6.45) is 0.210. The summed E-state index contributed by atoms with van der Waals surface area (Å²) in [5.74, 6) is -1.12. The van der Waals surface area contributed by atoms with Crippen LogP contribution in [0.5, 0.6) is 0 Å². The minimum atomic E-state index is -3.42. The predicted octanol–water partition coefficient (Wildman–Crippen LogP) is 3.79. The second-order valence-corrected chi connectivity index (χ2v) is 9.56. The van der Waals surface area contributed by atoms with Gasteiger partial charge in [0.25, 0.3) is 5.91 Å². The number of nitrogens with zero attached hydrogens (tertiary/aromatic N) is 1. The van der Waals surface area contributed by atoms with Gasteiger partial charge in [0.2, 0.25) is 0 Å². The summed E-state index contributed by atoms with van der Waals surface area (Å²) in [5, 5.41) is 1.92. The first kappa shape index (κ1) is 20.5. The molecule has 0 spiro atoms. The number of allylic oxidation sites excluding steroid dienone is 1. The maximum Gasteiger partial charge on any atom is 0.257 e. The Labute approximate surface area is 164 Å². The van der Waals surface area contributed by atoms with Crippen LogP contribution < -0.4 is 5.32 Å². The molecule has 0 radical (unpaired) electrons. The normalized spacial score (nSPS) is 23.0. The fraction of sp³-hybridized carbons (Fsp3) is 0.333. The number of benzene rings is 1. The van der Waals surface area contributed by atoms with Gasteiger partial charge < -0.3 is 0 Å². The number of aromatic nitrogens is 1. The third-order valence-corrected chi connectivity index (χ3v) is 6.22. The number of thiazole rings is 1. The zero-order chi connectivity index (χ0) is 20.5. The third-order valence-electron chi connectivity index (χ3n) is 4.39. The second kappa shape index (κ2) is 8.04. The lowest BCUT2D eigenvalue weighted by Gasteiger charge is -2.11. The molecule has 1 aromatic carbocycles. The summed E-state index contributed by atoms with van der Waals surface area (Å²) >= 11 is 0.642. The average Bonchev–Trinajstić information content (AvgIpc) is 3.17. The summed E-state index contributed by atoms with van der Waals surface area (Å²) in [6, 6.07) is 5.58. The molecule has 1 unspecified atom stereocenters. The fourth-order valence-corrected chi connectivity index (χ4v) is 4.17. The minimum Gasteiger partial charge on any atom is -0.298 e. The summed E-state index contributed by atoms with van der Waals surface area (Å²) in [4.78, 5) is 16.5. The van der Waals surface area contributed by atoms with Gasteiger partial charge in [-0.2, -0.15) is 4.39 Å². The molecule has 150 valence electrons. The molecule has 1 heterocycles. The summed E-state index contributed by atoms with van der Waals surface area (Å²) < 4.78 is 63.4. The van der Waals surface area contributed by atoms with E-state index >= 15 is 0 Å². The van der Waals surface area contributed by atoms with Crippen molar-refractivity contribution in [3.63, 3.8) is 0 Å². The lowest BCUT2D eigenvalue weighted by atomic mass is 9.98. The van der Waals surface area contributed by atoms with Crippen LogP contribution in [0.25, 0.3) is 5.57 Å². The molecular formula is C18H17F3N2O3S2. The van der Waals surface area contributed by atoms with Crippen LogP contribution in [-0.4, -0.2) is 37.9 Å². The zero-order valence-corrected chi connectivity index (χ0v) is 16.4. The molecule has 1 N–H and O–H groups in total. The SMILES string of the molecule is CS(=O)(=O)c1ccc(C(=CC2C[C@@H](F)[C@@H](F)C2)C(=O)Nc2ncc(F)s2)cc1. The molecule has 1 saturated carbocycles. The third kappa shape index (κ3) is 4.79. The van der Waals surface area contributed by atoms with Gasteiger partial charge in [-0.3, -0.25) is 10.1 Å². The Hall–Kier alpha value is -2.20. The maximum absolute atomic E-state index is 13.5. The molecule has 0 bridgehead atoms. The Morgan fingerprint density at radius 3 is 2.32 bits per heavy atom. The summed E-state index contributed by atoms with van der Waals surface area (Å²) in [7, 11) is -3.42. The molecule has 1 amide bonds. The lowest BCUT2D eigenvalue weighted by molar-refractivity contribution is -0.111. The van der Waals surface area contributed by atoms with E-state index in [1.807, 2.05) is 0 Å². The van der Waals surface area contributed by atoms with Crippen molar-refractivity contribution in [2.24, 2.45) is 5.92 Å². The number of hydrogen-bond donors (Lipinski definition) is 1. The van der Waals surface area contributed by atoms with E-state index in [9.17, 15) is 26.4 Å². The lowest BCUT2D eigenvalue weighted by Crippen LogP contribution is -2.14. The van der Waals surface area contributed by atoms with Crippen LogP contribution in [0.15, 0.2) is 41.4 Å². The van der Waals surface area contributed by atoms with E-state index in [0.717, 1.165) is 12.5 Å². The molecule has 2 aromatic rings. The molecule has 28 heavy (non-hydrogen) atoms. The number of carbonyl (C=O) groups excluding carboxylic acids is 1. The van der Waals surface area contributed by atoms with Gasteiger partial charge in [-0.15, -0.1) is 0 Å². The molecule has 0 saturated heterocycles. The van der Waals surface area contributed by atoms with Crippen LogP contribution in [0.4, 0.5) is 18.3 Å². The number of alkyl halides is 2. The Morgan fingerprint density at radius 1 is 1.21 bits per heavy atom.